The first-order valence-electron chi connectivity index (χ1n) is 9.35. The minimum Gasteiger partial charge on any atom is -0.345 e. The SMILES string of the molecule is O=C(c1cc(-c2cccs2)[nH]n1)N1CCN(S(=O)(=O)c2c[nH]c3ncccc23)CC1. The van der Waals surface area contributed by atoms with Crippen molar-refractivity contribution >= 4 is 38.3 Å². The zero-order valence-electron chi connectivity index (χ0n) is 15.8. The van der Waals surface area contributed by atoms with E-state index in [4.69, 9.17) is 0 Å². The number of nitrogens with zero attached hydrogens (tertiary/aromatic N) is 4. The van der Waals surface area contributed by atoms with Crippen LogP contribution >= 0.6 is 11.3 Å². The molecule has 0 aromatic carbocycles. The first-order chi connectivity index (χ1) is 14.5. The van der Waals surface area contributed by atoms with E-state index in [1.54, 1.807) is 40.6 Å². The molecule has 5 heterocycles. The third kappa shape index (κ3) is 3.20. The number of H-pyrrole nitrogens is 2. The van der Waals surface area contributed by atoms with Gasteiger partial charge in [-0.05, 0) is 29.6 Å². The lowest BCUT2D eigenvalue weighted by atomic mass is 10.2. The second-order valence-electron chi connectivity index (χ2n) is 6.89. The Morgan fingerprint density at radius 1 is 1.13 bits per heavy atom. The van der Waals surface area contributed by atoms with Crippen molar-refractivity contribution in [3.8, 4) is 10.6 Å². The smallest absolute Gasteiger partial charge is 0.274 e. The fourth-order valence-electron chi connectivity index (χ4n) is 3.57. The summed E-state index contributed by atoms with van der Waals surface area (Å²) in [6, 6.07) is 9.06. The van der Waals surface area contributed by atoms with Crippen LogP contribution in [-0.2, 0) is 10.0 Å². The highest BCUT2D eigenvalue weighted by molar-refractivity contribution is 7.89. The van der Waals surface area contributed by atoms with Gasteiger partial charge < -0.3 is 9.88 Å². The normalized spacial score (nSPS) is 15.7. The molecule has 1 amide bonds. The molecular formula is C19H18N6O3S2. The van der Waals surface area contributed by atoms with Gasteiger partial charge in [-0.3, -0.25) is 9.89 Å². The topological polar surface area (TPSA) is 115 Å². The van der Waals surface area contributed by atoms with Crippen LogP contribution in [0.1, 0.15) is 10.5 Å². The lowest BCUT2D eigenvalue weighted by Gasteiger charge is -2.33. The molecule has 0 radical (unpaired) electrons. The van der Waals surface area contributed by atoms with Crippen molar-refractivity contribution in [2.24, 2.45) is 0 Å². The van der Waals surface area contributed by atoms with Crippen molar-refractivity contribution in [3.05, 3.63) is 53.8 Å². The number of hydrogen-bond acceptors (Lipinski definition) is 6. The van der Waals surface area contributed by atoms with Gasteiger partial charge in [0.1, 0.15) is 10.5 Å². The van der Waals surface area contributed by atoms with E-state index in [0.29, 0.717) is 29.8 Å². The van der Waals surface area contributed by atoms with Crippen LogP contribution in [0.4, 0.5) is 0 Å². The van der Waals surface area contributed by atoms with Crippen molar-refractivity contribution < 1.29 is 13.2 Å². The van der Waals surface area contributed by atoms with Gasteiger partial charge >= 0.3 is 0 Å². The molecule has 0 aliphatic carbocycles. The molecule has 1 aliphatic heterocycles. The molecule has 9 nitrogen and oxygen atoms in total. The van der Waals surface area contributed by atoms with Gasteiger partial charge in [-0.25, -0.2) is 13.4 Å². The average molecular weight is 443 g/mol. The molecule has 0 saturated carbocycles. The molecule has 4 aromatic heterocycles. The second-order valence-corrected chi connectivity index (χ2v) is 9.75. The van der Waals surface area contributed by atoms with E-state index in [2.05, 4.69) is 20.2 Å². The van der Waals surface area contributed by atoms with E-state index in [1.165, 1.54) is 10.5 Å². The minimum atomic E-state index is -3.68. The van der Waals surface area contributed by atoms with Crippen LogP contribution in [0.2, 0.25) is 0 Å². The first kappa shape index (κ1) is 19.0. The second kappa shape index (κ2) is 7.35. The monoisotopic (exact) mass is 442 g/mol. The van der Waals surface area contributed by atoms with Crippen LogP contribution in [0.3, 0.4) is 0 Å². The van der Waals surface area contributed by atoms with E-state index in [1.807, 2.05) is 17.5 Å². The molecule has 154 valence electrons. The van der Waals surface area contributed by atoms with E-state index < -0.39 is 10.0 Å². The lowest BCUT2D eigenvalue weighted by Crippen LogP contribution is -2.50. The third-order valence-corrected chi connectivity index (χ3v) is 7.98. The number of carbonyl (C=O) groups is 1. The highest BCUT2D eigenvalue weighted by Gasteiger charge is 2.32. The fraction of sp³-hybridized carbons (Fsp3) is 0.211. The predicted molar refractivity (Wildman–Crippen MR) is 113 cm³/mol. The van der Waals surface area contributed by atoms with Crippen LogP contribution in [0.15, 0.2) is 53.0 Å². The lowest BCUT2D eigenvalue weighted by molar-refractivity contribution is 0.0692. The predicted octanol–water partition coefficient (Wildman–Crippen LogP) is 2.16. The standard InChI is InChI=1S/C19H18N6O3S2/c26-19(15-11-14(22-23-15)16-4-2-10-29-16)24-6-8-25(9-7-24)30(27,28)17-12-21-18-13(17)3-1-5-20-18/h1-5,10-12H,6-9H2,(H,20,21)(H,22,23). The Morgan fingerprint density at radius 2 is 1.97 bits per heavy atom. The van der Waals surface area contributed by atoms with Crippen LogP contribution in [-0.4, -0.2) is 69.9 Å². The number of aromatic nitrogens is 4. The summed E-state index contributed by atoms with van der Waals surface area (Å²) in [4.78, 5) is 22.7. The summed E-state index contributed by atoms with van der Waals surface area (Å²) in [6.07, 6.45) is 3.08. The maximum absolute atomic E-state index is 13.1. The molecule has 0 unspecified atom stereocenters. The number of sulfonamides is 1. The van der Waals surface area contributed by atoms with Gasteiger partial charge in [0.2, 0.25) is 10.0 Å². The molecule has 1 saturated heterocycles. The molecule has 5 rings (SSSR count). The molecule has 11 heteroatoms. The van der Waals surface area contributed by atoms with E-state index >= 15 is 0 Å². The van der Waals surface area contributed by atoms with Gasteiger partial charge in [0.05, 0.1) is 10.6 Å². The highest BCUT2D eigenvalue weighted by Crippen LogP contribution is 2.26. The van der Waals surface area contributed by atoms with Gasteiger partial charge in [-0.15, -0.1) is 11.3 Å². The van der Waals surface area contributed by atoms with Crippen molar-refractivity contribution in [1.82, 2.24) is 29.4 Å². The molecule has 30 heavy (non-hydrogen) atoms. The molecule has 2 N–H and O–H groups in total. The summed E-state index contributed by atoms with van der Waals surface area (Å²) in [7, 11) is -3.68. The maximum atomic E-state index is 13.1. The number of aromatic amines is 2. The van der Waals surface area contributed by atoms with Gasteiger partial charge in [0.25, 0.3) is 5.91 Å². The number of carbonyl (C=O) groups excluding carboxylic acids is 1. The Kier molecular flexibility index (Phi) is 4.65. The molecule has 0 spiro atoms. The number of rotatable bonds is 4. The summed E-state index contributed by atoms with van der Waals surface area (Å²) in [5, 5.41) is 9.55. The van der Waals surface area contributed by atoms with Crippen molar-refractivity contribution in [1.29, 1.82) is 0 Å². The summed E-state index contributed by atoms with van der Waals surface area (Å²) >= 11 is 1.56. The molecular weight excluding hydrogens is 424 g/mol. The van der Waals surface area contributed by atoms with Crippen molar-refractivity contribution in [2.45, 2.75) is 4.90 Å². The molecule has 1 fully saturated rings. The number of hydrogen-bond donors (Lipinski definition) is 2. The maximum Gasteiger partial charge on any atom is 0.274 e. The van der Waals surface area contributed by atoms with E-state index in [-0.39, 0.29) is 23.9 Å². The largest absolute Gasteiger partial charge is 0.345 e. The first-order valence-corrected chi connectivity index (χ1v) is 11.7. The quantitative estimate of drug-likeness (QED) is 0.503. The number of pyridine rings is 1. The summed E-state index contributed by atoms with van der Waals surface area (Å²) in [5.41, 5.74) is 1.66. The van der Waals surface area contributed by atoms with Gasteiger partial charge in [0, 0.05) is 44.0 Å². The molecule has 0 bridgehead atoms. The van der Waals surface area contributed by atoms with Crippen molar-refractivity contribution in [3.63, 3.8) is 0 Å². The Labute approximate surface area is 176 Å². The summed E-state index contributed by atoms with van der Waals surface area (Å²) < 4.78 is 27.6. The fourth-order valence-corrected chi connectivity index (χ4v) is 5.83. The van der Waals surface area contributed by atoms with E-state index in [0.717, 1.165) is 10.6 Å². The zero-order valence-corrected chi connectivity index (χ0v) is 17.4. The van der Waals surface area contributed by atoms with Gasteiger partial charge in [0.15, 0.2) is 5.69 Å². The highest BCUT2D eigenvalue weighted by atomic mass is 32.2. The van der Waals surface area contributed by atoms with Crippen LogP contribution < -0.4 is 0 Å². The van der Waals surface area contributed by atoms with Crippen LogP contribution in [0, 0.1) is 0 Å². The minimum absolute atomic E-state index is 0.206. The van der Waals surface area contributed by atoms with Crippen LogP contribution in [0.5, 0.6) is 0 Å². The van der Waals surface area contributed by atoms with Gasteiger partial charge in [-0.1, -0.05) is 6.07 Å². The third-order valence-electron chi connectivity index (χ3n) is 5.14. The Hall–Kier alpha value is -3.02. The average Bonchev–Trinajstić information content (AvgIpc) is 3.53. The van der Waals surface area contributed by atoms with Gasteiger partial charge in [-0.2, -0.15) is 9.40 Å². The summed E-state index contributed by atoms with van der Waals surface area (Å²) in [5.74, 6) is -0.206. The van der Waals surface area contributed by atoms with Crippen molar-refractivity contribution in [2.75, 3.05) is 26.2 Å². The Bertz CT molecular complexity index is 1300. The number of thiophene rings is 1. The van der Waals surface area contributed by atoms with Crippen LogP contribution in [0.25, 0.3) is 21.6 Å². The molecule has 4 aromatic rings. The summed E-state index contributed by atoms with van der Waals surface area (Å²) in [6.45, 7) is 1.06. The zero-order chi connectivity index (χ0) is 20.7. The molecule has 1 aliphatic rings. The Morgan fingerprint density at radius 3 is 2.73 bits per heavy atom. The molecule has 0 atom stereocenters. The van der Waals surface area contributed by atoms with E-state index in [9.17, 15) is 13.2 Å². The number of piperazine rings is 1. The number of nitrogens with one attached hydrogen (secondary N) is 2. The number of amides is 1. The number of fused-ring (bicyclic) bond motifs is 1. The Balaban J connectivity index is 1.30.